The Morgan fingerprint density at radius 1 is 0.330 bits per heavy atom. The van der Waals surface area contributed by atoms with E-state index in [2.05, 4.69) is 48.1 Å². The molecule has 6 atom stereocenters. The first-order chi connectivity index (χ1) is 47.1. The lowest BCUT2D eigenvalue weighted by atomic mass is 9.73. The number of ether oxygens (including phenoxy) is 4. The highest BCUT2D eigenvalue weighted by Gasteiger charge is 2.40. The molecular weight excluding hydrogens is 1220 g/mol. The van der Waals surface area contributed by atoms with E-state index in [9.17, 15) is 33.6 Å². The van der Waals surface area contributed by atoms with Gasteiger partial charge in [-0.15, -0.1) is 0 Å². The molecule has 0 radical (unpaired) electrons. The summed E-state index contributed by atoms with van der Waals surface area (Å²) in [5.74, 6) is -1.40. The van der Waals surface area contributed by atoms with Gasteiger partial charge < -0.3 is 44.3 Å². The first kappa shape index (κ1) is 89.3. The van der Waals surface area contributed by atoms with Crippen molar-refractivity contribution in [2.24, 2.45) is 17.8 Å². The van der Waals surface area contributed by atoms with Gasteiger partial charge in [-0.3, -0.25) is 33.6 Å². The van der Waals surface area contributed by atoms with Crippen molar-refractivity contribution in [3.8, 4) is 0 Å². The lowest BCUT2D eigenvalue weighted by Crippen LogP contribution is -2.45. The number of hydrogen-bond donors (Lipinski definition) is 2. The first-order valence-corrected chi connectivity index (χ1v) is 41.1. The molecule has 1 aliphatic carbocycles. The van der Waals surface area contributed by atoms with E-state index in [1.54, 1.807) is 0 Å². The number of amides is 3. The Hall–Kier alpha value is -3.79. The van der Waals surface area contributed by atoms with Crippen LogP contribution in [0, 0.1) is 17.8 Å². The van der Waals surface area contributed by atoms with Crippen LogP contribution in [0.1, 0.15) is 370 Å². The second-order valence-electron chi connectivity index (χ2n) is 29.8. The number of rotatable bonds is 65. The maximum absolute atomic E-state index is 13.9. The summed E-state index contributed by atoms with van der Waals surface area (Å²) in [6.45, 7) is 25.4. The molecule has 1 saturated carbocycles. The fourth-order valence-electron chi connectivity index (χ4n) is 14.1. The van der Waals surface area contributed by atoms with Gasteiger partial charge in [-0.05, 0) is 227 Å². The zero-order chi connectivity index (χ0) is 70.8. The van der Waals surface area contributed by atoms with E-state index in [1.165, 1.54) is 77.0 Å². The fourth-order valence-corrected chi connectivity index (χ4v) is 14.1. The van der Waals surface area contributed by atoms with Crippen molar-refractivity contribution in [3.05, 3.63) is 0 Å². The number of esters is 4. The van der Waals surface area contributed by atoms with Crippen LogP contribution in [0.4, 0.5) is 0 Å². The lowest BCUT2D eigenvalue weighted by molar-refractivity contribution is -0.149. The van der Waals surface area contributed by atoms with E-state index in [0.29, 0.717) is 58.0 Å². The molecule has 6 unspecified atom stereocenters. The molecule has 0 spiro atoms. The van der Waals surface area contributed by atoms with Gasteiger partial charge >= 0.3 is 23.9 Å². The molecule has 2 N–H and O–H groups in total. The number of unbranched alkanes of at least 4 members (excludes halogenated alkanes) is 26. The third kappa shape index (κ3) is 49.4. The summed E-state index contributed by atoms with van der Waals surface area (Å²) in [5, 5.41) is 6.44. The van der Waals surface area contributed by atoms with Crippen LogP contribution < -0.4 is 10.6 Å². The maximum atomic E-state index is 13.9. The van der Waals surface area contributed by atoms with Crippen molar-refractivity contribution in [1.82, 2.24) is 25.3 Å². The standard InChI is InChI=1S/C81H151N5O11/c1-9-13-17-29-47-68(5)94-75(87)51-33-25-41-59-84(60-42-26-34-52-76(88)95-69(6)48-30-18-14-10-2)57-39-23-21-37-55-82-79(91)72-65-73(67-74(66-72)81(93)86-63-45-46-64-86)80(92)83-56-38-22-24-40-58-85(61-43-27-35-53-77(89)96-70(7)49-31-19-15-11-3)62-44-28-36-54-78(90)97-71(8)50-32-20-16-12-4/h68-74H,9-67H2,1-8H3,(H,82,91)(H,83,92). The molecule has 16 heteroatoms. The third-order valence-electron chi connectivity index (χ3n) is 20.2. The van der Waals surface area contributed by atoms with Crippen molar-refractivity contribution < 1.29 is 52.5 Å². The van der Waals surface area contributed by atoms with E-state index >= 15 is 0 Å². The number of carbonyl (C=O) groups excluding carboxylic acids is 7. The minimum atomic E-state index is -0.382. The van der Waals surface area contributed by atoms with Crippen molar-refractivity contribution in [3.63, 3.8) is 0 Å². The summed E-state index contributed by atoms with van der Waals surface area (Å²) in [6.07, 6.45) is 47.1. The van der Waals surface area contributed by atoms with Gasteiger partial charge in [-0.2, -0.15) is 0 Å². The average molecular weight is 1370 g/mol. The number of likely N-dealkylation sites (tertiary alicyclic amines) is 1. The summed E-state index contributed by atoms with van der Waals surface area (Å²) in [5.41, 5.74) is 0. The highest BCUT2D eigenvalue weighted by Crippen LogP contribution is 2.36. The Morgan fingerprint density at radius 2 is 0.577 bits per heavy atom. The minimum absolute atomic E-state index is 0.0217. The van der Waals surface area contributed by atoms with Crippen LogP contribution in [0.3, 0.4) is 0 Å². The molecule has 1 saturated heterocycles. The molecule has 0 aromatic carbocycles. The van der Waals surface area contributed by atoms with E-state index in [4.69, 9.17) is 18.9 Å². The smallest absolute Gasteiger partial charge is 0.306 e. The number of nitrogens with one attached hydrogen (secondary N) is 2. The van der Waals surface area contributed by atoms with Gasteiger partial charge in [0, 0.05) is 69.6 Å². The van der Waals surface area contributed by atoms with Crippen LogP contribution in [0.15, 0.2) is 0 Å². The predicted molar refractivity (Wildman–Crippen MR) is 397 cm³/mol. The van der Waals surface area contributed by atoms with E-state index in [0.717, 1.165) is 245 Å². The zero-order valence-electron chi connectivity index (χ0n) is 64.1. The largest absolute Gasteiger partial charge is 0.463 e. The Kier molecular flexibility index (Phi) is 56.1. The lowest BCUT2D eigenvalue weighted by Gasteiger charge is -2.34. The topological polar surface area (TPSA) is 190 Å². The van der Waals surface area contributed by atoms with Crippen LogP contribution >= 0.6 is 0 Å². The third-order valence-corrected chi connectivity index (χ3v) is 20.2. The van der Waals surface area contributed by atoms with Crippen LogP contribution in [-0.2, 0) is 52.5 Å². The second-order valence-corrected chi connectivity index (χ2v) is 29.8. The molecule has 2 fully saturated rings. The van der Waals surface area contributed by atoms with Crippen molar-refractivity contribution >= 4 is 41.6 Å². The Balaban J connectivity index is 1.87. The molecule has 0 aromatic rings. The summed E-state index contributed by atoms with van der Waals surface area (Å²) < 4.78 is 22.8. The van der Waals surface area contributed by atoms with Crippen LogP contribution in [0.2, 0.25) is 0 Å². The quantitative estimate of drug-likeness (QED) is 0.0333. The van der Waals surface area contributed by atoms with Crippen molar-refractivity contribution in [2.75, 3.05) is 65.4 Å². The van der Waals surface area contributed by atoms with Crippen LogP contribution in [0.5, 0.6) is 0 Å². The molecular formula is C81H151N5O11. The van der Waals surface area contributed by atoms with Crippen molar-refractivity contribution in [1.29, 1.82) is 0 Å². The molecule has 3 amide bonds. The zero-order valence-corrected chi connectivity index (χ0v) is 64.1. The van der Waals surface area contributed by atoms with E-state index in [-0.39, 0.29) is 83.8 Å². The summed E-state index contributed by atoms with van der Waals surface area (Å²) >= 11 is 0. The average Bonchev–Trinajstić information content (AvgIpc) is 1.77. The maximum Gasteiger partial charge on any atom is 0.306 e. The molecule has 2 rings (SSSR count). The summed E-state index contributed by atoms with van der Waals surface area (Å²) in [6, 6.07) is 0. The molecule has 566 valence electrons. The SMILES string of the molecule is CCCCCCC(C)OC(=O)CCCCCN(CCCCCCNC(=O)C1CC(C(=O)NCCCCCCN(CCCCCC(=O)OC(C)CCCCCC)CCCCCC(=O)OC(C)CCCCCC)CC(C(=O)N2CCCC2)C1)CCCCCC(=O)OC(C)CCCCCC. The van der Waals surface area contributed by atoms with Gasteiger partial charge in [0.2, 0.25) is 17.7 Å². The number of nitrogens with zero attached hydrogens (tertiary/aromatic N) is 3. The van der Waals surface area contributed by atoms with Gasteiger partial charge in [-0.25, -0.2) is 0 Å². The highest BCUT2D eigenvalue weighted by atomic mass is 16.6. The molecule has 0 bridgehead atoms. The molecule has 1 aliphatic heterocycles. The summed E-state index contributed by atoms with van der Waals surface area (Å²) in [7, 11) is 0. The fraction of sp³-hybridized carbons (Fsp3) is 0.914. The monoisotopic (exact) mass is 1370 g/mol. The van der Waals surface area contributed by atoms with Gasteiger partial charge in [0.15, 0.2) is 0 Å². The van der Waals surface area contributed by atoms with E-state index in [1.807, 2.05) is 32.6 Å². The predicted octanol–water partition coefficient (Wildman–Crippen LogP) is 18.4. The van der Waals surface area contributed by atoms with Gasteiger partial charge in [-0.1, -0.05) is 156 Å². The Morgan fingerprint density at radius 3 is 0.856 bits per heavy atom. The Labute approximate surface area is 594 Å². The molecule has 97 heavy (non-hydrogen) atoms. The normalized spacial score (nSPS) is 16.8. The second kappa shape index (κ2) is 60.9. The van der Waals surface area contributed by atoms with Gasteiger partial charge in [0.25, 0.3) is 0 Å². The first-order valence-electron chi connectivity index (χ1n) is 41.1. The molecule has 1 heterocycles. The van der Waals surface area contributed by atoms with E-state index < -0.39 is 0 Å². The van der Waals surface area contributed by atoms with Crippen LogP contribution in [0.25, 0.3) is 0 Å². The Bertz CT molecular complexity index is 1780. The number of hydrogen-bond acceptors (Lipinski definition) is 13. The van der Waals surface area contributed by atoms with Crippen LogP contribution in [-0.4, -0.2) is 146 Å². The number of carbonyl (C=O) groups is 7. The molecule has 16 nitrogen and oxygen atoms in total. The minimum Gasteiger partial charge on any atom is -0.463 e. The van der Waals surface area contributed by atoms with Gasteiger partial charge in [0.05, 0.1) is 24.4 Å². The molecule has 0 aromatic heterocycles. The van der Waals surface area contributed by atoms with Crippen molar-refractivity contribution in [2.45, 2.75) is 394 Å². The highest BCUT2D eigenvalue weighted by molar-refractivity contribution is 5.86. The molecule has 2 aliphatic rings. The van der Waals surface area contributed by atoms with Gasteiger partial charge in [0.1, 0.15) is 0 Å². The summed E-state index contributed by atoms with van der Waals surface area (Å²) in [4.78, 5) is 99.1.